The quantitative estimate of drug-likeness (QED) is 0.0790. The van der Waals surface area contributed by atoms with Crippen LogP contribution in [-0.4, -0.2) is 58.0 Å². The van der Waals surface area contributed by atoms with Crippen LogP contribution in [0.15, 0.2) is 104 Å². The van der Waals surface area contributed by atoms with E-state index < -0.39 is 25.9 Å². The normalized spacial score (nSPS) is 15.5. The zero-order valence-electron chi connectivity index (χ0n) is 31.1. The molecule has 0 fully saturated rings. The van der Waals surface area contributed by atoms with Gasteiger partial charge in [0.1, 0.15) is 0 Å². The summed E-state index contributed by atoms with van der Waals surface area (Å²) in [6.07, 6.45) is 2.66. The number of carbonyl (C=O) groups excluding carboxylic acids is 1. The van der Waals surface area contributed by atoms with Crippen molar-refractivity contribution in [1.29, 1.82) is 0 Å². The first-order chi connectivity index (χ1) is 23.3. The lowest BCUT2D eigenvalue weighted by atomic mass is 9.79. The van der Waals surface area contributed by atoms with E-state index in [-0.39, 0.29) is 42.2 Å². The molecule has 49 heavy (non-hydrogen) atoms. The second-order valence-electron chi connectivity index (χ2n) is 15.2. The molecule has 6 nitrogen and oxygen atoms in total. The Labute approximate surface area is 297 Å². The third-order valence-corrected chi connectivity index (χ3v) is 14.5. The van der Waals surface area contributed by atoms with E-state index in [1.807, 2.05) is 57.2 Å². The molecule has 0 aliphatic carbocycles. The fraction of sp³-hybridized carbons (Fsp3) is 0.500. The van der Waals surface area contributed by atoms with Crippen molar-refractivity contribution in [2.75, 3.05) is 20.3 Å². The van der Waals surface area contributed by atoms with Crippen LogP contribution in [0.25, 0.3) is 0 Å². The lowest BCUT2D eigenvalue weighted by molar-refractivity contribution is -0.156. The molecule has 0 unspecified atom stereocenters. The number of methoxy groups -OCH3 is 1. The van der Waals surface area contributed by atoms with Gasteiger partial charge in [-0.3, -0.25) is 4.79 Å². The van der Waals surface area contributed by atoms with Gasteiger partial charge < -0.3 is 23.7 Å². The van der Waals surface area contributed by atoms with Crippen molar-refractivity contribution in [3.63, 3.8) is 0 Å². The molecule has 0 aliphatic rings. The van der Waals surface area contributed by atoms with Crippen LogP contribution in [0.5, 0.6) is 0 Å². The molecular weight excluding hydrogens is 629 g/mol. The maximum absolute atomic E-state index is 12.6. The van der Waals surface area contributed by atoms with Crippen molar-refractivity contribution in [2.24, 2.45) is 17.3 Å². The van der Waals surface area contributed by atoms with Gasteiger partial charge in [0.05, 0.1) is 30.8 Å². The Morgan fingerprint density at radius 2 is 1.41 bits per heavy atom. The first-order valence-corrected chi connectivity index (χ1v) is 19.6. The van der Waals surface area contributed by atoms with Gasteiger partial charge in [0.15, 0.2) is 0 Å². The number of rotatable bonds is 19. The molecule has 0 aromatic heterocycles. The molecule has 0 spiro atoms. The van der Waals surface area contributed by atoms with E-state index >= 15 is 0 Å². The zero-order chi connectivity index (χ0) is 36.1. The number of hydrogen-bond acceptors (Lipinski definition) is 6. The smallest absolute Gasteiger partial charge is 0.311 e. The standard InChI is InChI=1S/C42H60O6Si/c1-10-20-34(29-32(2)48-49(42(6,7)8,35-23-16-12-17-24-35)36-25-18-13-19-26-36)37(30-43)39(47-31-33-21-14-11-15-22-33)38(45-9)27-28-46-40(44)41(3,4)5/h10-19,21-26,32,34,37-39,43H,1,20,27-31H2,2-9H3/t32-,34-,37+,38+,39+/m0/s1. The van der Waals surface area contributed by atoms with Gasteiger partial charge in [0, 0.05) is 32.2 Å². The van der Waals surface area contributed by atoms with Gasteiger partial charge in [0.25, 0.3) is 8.32 Å². The molecule has 3 aromatic carbocycles. The molecule has 3 aromatic rings. The number of esters is 1. The summed E-state index contributed by atoms with van der Waals surface area (Å²) in [5, 5.41) is 13.4. The lowest BCUT2D eigenvalue weighted by Gasteiger charge is -2.45. The minimum Gasteiger partial charge on any atom is -0.465 e. The van der Waals surface area contributed by atoms with E-state index in [2.05, 4.69) is 94.9 Å². The minimum absolute atomic E-state index is 0.0220. The number of carbonyl (C=O) groups is 1. The summed E-state index contributed by atoms with van der Waals surface area (Å²) in [5.74, 6) is -0.580. The van der Waals surface area contributed by atoms with E-state index in [4.69, 9.17) is 18.6 Å². The molecule has 3 rings (SSSR count). The van der Waals surface area contributed by atoms with Crippen LogP contribution in [0.3, 0.4) is 0 Å². The van der Waals surface area contributed by atoms with E-state index in [0.717, 1.165) is 5.56 Å². The maximum atomic E-state index is 12.6. The van der Waals surface area contributed by atoms with Crippen LogP contribution >= 0.6 is 0 Å². The minimum atomic E-state index is -2.80. The Hall–Kier alpha value is -3.07. The van der Waals surface area contributed by atoms with E-state index in [9.17, 15) is 9.90 Å². The lowest BCUT2D eigenvalue weighted by Crippen LogP contribution is -2.67. The second kappa shape index (κ2) is 18.8. The predicted octanol–water partition coefficient (Wildman–Crippen LogP) is 7.72. The van der Waals surface area contributed by atoms with E-state index in [0.29, 0.717) is 25.9 Å². The Kier molecular flexibility index (Phi) is 15.5. The molecule has 1 N–H and O–H groups in total. The summed E-state index contributed by atoms with van der Waals surface area (Å²) in [6, 6.07) is 31.3. The van der Waals surface area contributed by atoms with Gasteiger partial charge in [-0.2, -0.15) is 0 Å². The Morgan fingerprint density at radius 1 is 0.878 bits per heavy atom. The van der Waals surface area contributed by atoms with Crippen LogP contribution in [-0.2, 0) is 30.0 Å². The van der Waals surface area contributed by atoms with Crippen molar-refractivity contribution in [1.82, 2.24) is 0 Å². The molecule has 268 valence electrons. The van der Waals surface area contributed by atoms with Crippen LogP contribution < -0.4 is 10.4 Å². The molecule has 0 bridgehead atoms. The van der Waals surface area contributed by atoms with Gasteiger partial charge in [-0.1, -0.05) is 118 Å². The summed E-state index contributed by atoms with van der Waals surface area (Å²) in [6.45, 7) is 19.1. The predicted molar refractivity (Wildman–Crippen MR) is 203 cm³/mol. The fourth-order valence-corrected chi connectivity index (χ4v) is 11.5. The SMILES string of the molecule is C=CC[C@@H](C[C@H](C)O[Si](c1ccccc1)(c1ccccc1)C(C)(C)C)[C@@H](CO)[C@@H](OCc1ccccc1)[C@@H](CCOC(=O)C(C)(C)C)OC. The molecule has 0 saturated carbocycles. The number of hydrogen-bond donors (Lipinski definition) is 1. The summed E-state index contributed by atoms with van der Waals surface area (Å²) in [7, 11) is -1.15. The third-order valence-electron chi connectivity index (χ3n) is 9.34. The number of aliphatic hydroxyl groups excluding tert-OH is 1. The Morgan fingerprint density at radius 3 is 1.86 bits per heavy atom. The highest BCUT2D eigenvalue weighted by Crippen LogP contribution is 2.39. The van der Waals surface area contributed by atoms with Crippen molar-refractivity contribution in [3.8, 4) is 0 Å². The average Bonchev–Trinajstić information content (AvgIpc) is 3.08. The molecule has 0 aliphatic heterocycles. The van der Waals surface area contributed by atoms with Crippen molar-refractivity contribution < 1.29 is 28.5 Å². The number of ether oxygens (including phenoxy) is 3. The number of allylic oxidation sites excluding steroid dienone is 1. The first kappa shape index (κ1) is 40.4. The van der Waals surface area contributed by atoms with Crippen molar-refractivity contribution >= 4 is 24.7 Å². The number of benzene rings is 3. The van der Waals surface area contributed by atoms with Crippen molar-refractivity contribution in [3.05, 3.63) is 109 Å². The van der Waals surface area contributed by atoms with Gasteiger partial charge in [-0.15, -0.1) is 6.58 Å². The van der Waals surface area contributed by atoms with E-state index in [1.54, 1.807) is 7.11 Å². The summed E-state index contributed by atoms with van der Waals surface area (Å²) in [5.41, 5.74) is 0.428. The van der Waals surface area contributed by atoms with E-state index in [1.165, 1.54) is 10.4 Å². The second-order valence-corrected chi connectivity index (χ2v) is 19.4. The van der Waals surface area contributed by atoms with Gasteiger partial charge >= 0.3 is 5.97 Å². The maximum Gasteiger partial charge on any atom is 0.311 e. The molecule has 5 atom stereocenters. The molecule has 0 heterocycles. The summed E-state index contributed by atoms with van der Waals surface area (Å²) >= 11 is 0. The van der Waals surface area contributed by atoms with Gasteiger partial charge in [-0.05, 0) is 67.4 Å². The zero-order valence-corrected chi connectivity index (χ0v) is 32.1. The monoisotopic (exact) mass is 688 g/mol. The van der Waals surface area contributed by atoms with Crippen LogP contribution in [0.4, 0.5) is 0 Å². The average molecular weight is 689 g/mol. The largest absolute Gasteiger partial charge is 0.465 e. The highest BCUT2D eigenvalue weighted by atomic mass is 28.4. The molecule has 0 saturated heterocycles. The molecular formula is C42H60O6Si. The van der Waals surface area contributed by atoms with Crippen LogP contribution in [0.1, 0.15) is 73.3 Å². The van der Waals surface area contributed by atoms with Gasteiger partial charge in [0.2, 0.25) is 0 Å². The Balaban J connectivity index is 1.97. The summed E-state index contributed by atoms with van der Waals surface area (Å²) < 4.78 is 25.8. The topological polar surface area (TPSA) is 74.2 Å². The van der Waals surface area contributed by atoms with Crippen LogP contribution in [0.2, 0.25) is 5.04 Å². The Bertz CT molecular complexity index is 1340. The first-order valence-electron chi connectivity index (χ1n) is 17.6. The van der Waals surface area contributed by atoms with Crippen LogP contribution in [0, 0.1) is 17.3 Å². The highest BCUT2D eigenvalue weighted by Gasteiger charge is 2.51. The fourth-order valence-electron chi connectivity index (χ4n) is 6.82. The van der Waals surface area contributed by atoms with Crippen molar-refractivity contribution in [2.45, 2.75) is 97.7 Å². The molecule has 0 radical (unpaired) electrons. The highest BCUT2D eigenvalue weighted by molar-refractivity contribution is 6.99. The van der Waals surface area contributed by atoms with Gasteiger partial charge in [-0.25, -0.2) is 0 Å². The molecule has 0 amide bonds. The number of aliphatic hydroxyl groups is 1. The molecule has 7 heteroatoms. The summed E-state index contributed by atoms with van der Waals surface area (Å²) in [4.78, 5) is 12.6. The third kappa shape index (κ3) is 11.0.